The molecule has 0 atom stereocenters. The van der Waals surface area contributed by atoms with Gasteiger partial charge in [-0.25, -0.2) is 0 Å². The Labute approximate surface area is 100 Å². The van der Waals surface area contributed by atoms with E-state index in [1.807, 2.05) is 0 Å². The molecule has 13 heavy (non-hydrogen) atoms. The van der Waals surface area contributed by atoms with E-state index in [1.54, 1.807) is 0 Å². The quantitative estimate of drug-likeness (QED) is 0.426. The lowest BCUT2D eigenvalue weighted by Gasteiger charge is -2.08. The van der Waals surface area contributed by atoms with E-state index < -0.39 is 0 Å². The maximum Gasteiger partial charge on any atom is 0.162 e. The zero-order chi connectivity index (χ0) is 10.0. The monoisotopic (exact) mass is 278 g/mol. The summed E-state index contributed by atoms with van der Waals surface area (Å²) in [7, 11) is 0. The van der Waals surface area contributed by atoms with E-state index >= 15 is 0 Å². The Morgan fingerprint density at radius 1 is 1.00 bits per heavy atom. The summed E-state index contributed by atoms with van der Waals surface area (Å²) in [6, 6.07) is 1.39. The van der Waals surface area contributed by atoms with Crippen molar-refractivity contribution in [2.75, 3.05) is 6.07 Å². The number of hydrogen-bond donors (Lipinski definition) is 0. The molecule has 6 heteroatoms. The average Bonchev–Trinajstić information content (AvgIpc) is 2.09. The molecule has 0 saturated carbocycles. The maximum atomic E-state index is 5.80. The number of rotatable bonds is 2. The molecule has 0 amide bonds. The SMILES string of the molecule is ClCOc1c(Cl)cc(Cl)c(Cl)c1Cl. The minimum Gasteiger partial charge on any atom is -0.475 e. The second-order valence-corrected chi connectivity index (χ2v) is 3.84. The Morgan fingerprint density at radius 2 is 1.62 bits per heavy atom. The molecule has 0 bridgehead atoms. The largest absolute Gasteiger partial charge is 0.475 e. The Balaban J connectivity index is 3.26. The van der Waals surface area contributed by atoms with Crippen molar-refractivity contribution in [3.05, 3.63) is 26.2 Å². The molecule has 0 aromatic heterocycles. The molecule has 0 N–H and O–H groups in total. The molecule has 72 valence electrons. The van der Waals surface area contributed by atoms with Crippen LogP contribution in [0.15, 0.2) is 6.07 Å². The van der Waals surface area contributed by atoms with Gasteiger partial charge in [0.1, 0.15) is 5.02 Å². The molecule has 0 aliphatic rings. The van der Waals surface area contributed by atoms with Crippen molar-refractivity contribution in [1.29, 1.82) is 0 Å². The van der Waals surface area contributed by atoms with Crippen molar-refractivity contribution in [3.8, 4) is 5.75 Å². The topological polar surface area (TPSA) is 9.23 Å². The van der Waals surface area contributed by atoms with Crippen molar-refractivity contribution in [1.82, 2.24) is 0 Å². The van der Waals surface area contributed by atoms with Crippen LogP contribution in [0.5, 0.6) is 5.75 Å². The molecule has 1 nitrogen and oxygen atoms in total. The fourth-order valence-electron chi connectivity index (χ4n) is 0.736. The number of ether oxygens (including phenoxy) is 1. The summed E-state index contributed by atoms with van der Waals surface area (Å²) in [5, 5.41) is 0.923. The van der Waals surface area contributed by atoms with Gasteiger partial charge in [0.2, 0.25) is 0 Å². The third-order valence-electron chi connectivity index (χ3n) is 1.27. The second kappa shape index (κ2) is 4.81. The van der Waals surface area contributed by atoms with E-state index in [2.05, 4.69) is 0 Å². The summed E-state index contributed by atoms with van der Waals surface area (Å²) in [6.07, 6.45) is 0. The first-order valence-corrected chi connectivity index (χ1v) is 5.14. The van der Waals surface area contributed by atoms with Gasteiger partial charge in [-0.3, -0.25) is 0 Å². The summed E-state index contributed by atoms with van der Waals surface area (Å²) < 4.78 is 4.96. The van der Waals surface area contributed by atoms with E-state index in [9.17, 15) is 0 Å². The average molecular weight is 280 g/mol. The van der Waals surface area contributed by atoms with Crippen LogP contribution in [0.1, 0.15) is 0 Å². The fraction of sp³-hybridized carbons (Fsp3) is 0.143. The minimum atomic E-state index is -0.0581. The van der Waals surface area contributed by atoms with Gasteiger partial charge in [0.05, 0.1) is 15.1 Å². The van der Waals surface area contributed by atoms with E-state index in [0.717, 1.165) is 0 Å². The number of benzene rings is 1. The lowest BCUT2D eigenvalue weighted by atomic mass is 10.3. The van der Waals surface area contributed by atoms with Gasteiger partial charge in [-0.05, 0) is 6.07 Å². The summed E-state index contributed by atoms with van der Waals surface area (Å²) >= 11 is 28.4. The van der Waals surface area contributed by atoms with Gasteiger partial charge in [-0.2, -0.15) is 0 Å². The predicted molar refractivity (Wildman–Crippen MR) is 57.8 cm³/mol. The first-order valence-electron chi connectivity index (χ1n) is 3.09. The highest BCUT2D eigenvalue weighted by Gasteiger charge is 2.14. The minimum absolute atomic E-state index is 0.0581. The van der Waals surface area contributed by atoms with Gasteiger partial charge >= 0.3 is 0 Å². The molecule has 0 unspecified atom stereocenters. The molecule has 0 spiro atoms. The summed E-state index contributed by atoms with van der Waals surface area (Å²) in [5.41, 5.74) is 0. The van der Waals surface area contributed by atoms with Crippen molar-refractivity contribution in [2.45, 2.75) is 0 Å². The van der Waals surface area contributed by atoms with E-state index in [-0.39, 0.29) is 31.9 Å². The highest BCUT2D eigenvalue weighted by atomic mass is 35.5. The first-order chi connectivity index (χ1) is 6.07. The molecule has 0 fully saturated rings. The molecule has 1 aromatic carbocycles. The molecule has 0 aliphatic heterocycles. The van der Waals surface area contributed by atoms with Crippen LogP contribution in [0.25, 0.3) is 0 Å². The van der Waals surface area contributed by atoms with Gasteiger partial charge in [0, 0.05) is 0 Å². The molecule has 0 saturated heterocycles. The maximum absolute atomic E-state index is 5.80. The standard InChI is InChI=1S/C7H3Cl5O/c8-2-13-7-4(10)1-3(9)5(11)6(7)12/h1H,2H2. The van der Waals surface area contributed by atoms with E-state index in [4.69, 9.17) is 62.7 Å². The second-order valence-electron chi connectivity index (χ2n) is 2.05. The smallest absolute Gasteiger partial charge is 0.162 e. The summed E-state index contributed by atoms with van der Waals surface area (Å²) in [4.78, 5) is 0. The van der Waals surface area contributed by atoms with E-state index in [0.29, 0.717) is 0 Å². The van der Waals surface area contributed by atoms with Crippen molar-refractivity contribution in [3.63, 3.8) is 0 Å². The predicted octanol–water partition coefficient (Wildman–Crippen LogP) is 4.88. The molecule has 0 heterocycles. The zero-order valence-corrected chi connectivity index (χ0v) is 9.86. The van der Waals surface area contributed by atoms with Crippen LogP contribution in [0.4, 0.5) is 0 Å². The van der Waals surface area contributed by atoms with Gasteiger partial charge in [-0.15, -0.1) is 0 Å². The lowest BCUT2D eigenvalue weighted by molar-refractivity contribution is 0.388. The van der Waals surface area contributed by atoms with Gasteiger partial charge < -0.3 is 4.74 Å². The zero-order valence-electron chi connectivity index (χ0n) is 6.08. The van der Waals surface area contributed by atoms with Gasteiger partial charge in [0.25, 0.3) is 0 Å². The number of halogens is 5. The van der Waals surface area contributed by atoms with Gasteiger partial charge in [-0.1, -0.05) is 58.0 Å². The fourth-order valence-corrected chi connectivity index (χ4v) is 1.86. The molecular formula is C7H3Cl5O. The van der Waals surface area contributed by atoms with Crippen LogP contribution in [-0.2, 0) is 0 Å². The third-order valence-corrected chi connectivity index (χ3v) is 2.91. The summed E-state index contributed by atoms with van der Waals surface area (Å²) in [5.74, 6) is 0.243. The van der Waals surface area contributed by atoms with Crippen LogP contribution in [-0.4, -0.2) is 6.07 Å². The van der Waals surface area contributed by atoms with Crippen LogP contribution < -0.4 is 4.74 Å². The molecule has 0 aliphatic carbocycles. The number of hydrogen-bond acceptors (Lipinski definition) is 1. The molecule has 0 radical (unpaired) electrons. The van der Waals surface area contributed by atoms with Crippen molar-refractivity contribution >= 4 is 58.0 Å². The van der Waals surface area contributed by atoms with Crippen LogP contribution in [0, 0.1) is 0 Å². The van der Waals surface area contributed by atoms with Crippen molar-refractivity contribution in [2.24, 2.45) is 0 Å². The van der Waals surface area contributed by atoms with E-state index in [1.165, 1.54) is 6.07 Å². The van der Waals surface area contributed by atoms with Gasteiger partial charge in [0.15, 0.2) is 11.8 Å². The number of alkyl halides is 1. The Hall–Kier alpha value is 0.470. The van der Waals surface area contributed by atoms with Crippen molar-refractivity contribution < 1.29 is 4.74 Å². The Bertz CT molecular complexity index is 325. The summed E-state index contributed by atoms with van der Waals surface area (Å²) in [6.45, 7) is 0. The Kier molecular flexibility index (Phi) is 4.27. The lowest BCUT2D eigenvalue weighted by Crippen LogP contribution is -1.91. The third kappa shape index (κ3) is 2.48. The highest BCUT2D eigenvalue weighted by Crippen LogP contribution is 2.42. The highest BCUT2D eigenvalue weighted by molar-refractivity contribution is 6.50. The molecule has 1 aromatic rings. The van der Waals surface area contributed by atoms with Crippen LogP contribution in [0.2, 0.25) is 20.1 Å². The first kappa shape index (κ1) is 11.5. The normalized spacial score (nSPS) is 10.2. The Morgan fingerprint density at radius 3 is 2.15 bits per heavy atom. The molecular weight excluding hydrogens is 277 g/mol. The van der Waals surface area contributed by atoms with Crippen LogP contribution in [0.3, 0.4) is 0 Å². The molecule has 1 rings (SSSR count). The van der Waals surface area contributed by atoms with Crippen LogP contribution >= 0.6 is 58.0 Å².